The van der Waals surface area contributed by atoms with Crippen molar-refractivity contribution in [2.75, 3.05) is 20.8 Å². The molecule has 0 aromatic heterocycles. The first-order valence-corrected chi connectivity index (χ1v) is 4.18. The summed E-state index contributed by atoms with van der Waals surface area (Å²) in [6.07, 6.45) is -0.609. The van der Waals surface area contributed by atoms with E-state index in [-0.39, 0.29) is 12.3 Å². The molecule has 0 heterocycles. The number of rotatable bonds is 5. The first-order chi connectivity index (χ1) is 5.99. The summed E-state index contributed by atoms with van der Waals surface area (Å²) in [6.45, 7) is -0.864. The number of amides is 1. The minimum Gasteiger partial charge on any atom is -0.389 e. The average molecular weight is 192 g/mol. The first kappa shape index (κ1) is 12.3. The summed E-state index contributed by atoms with van der Waals surface area (Å²) in [7, 11) is 3.28. The van der Waals surface area contributed by atoms with Crippen LogP contribution in [-0.2, 0) is 4.79 Å². The molecule has 0 saturated heterocycles. The Morgan fingerprint density at radius 1 is 1.62 bits per heavy atom. The number of carbonyl (C=O) groups excluding carboxylic acids is 1. The summed E-state index contributed by atoms with van der Waals surface area (Å²) in [5, 5.41) is 8.95. The number of nitrogens with two attached hydrogens (primary N) is 1. The van der Waals surface area contributed by atoms with Gasteiger partial charge in [-0.2, -0.15) is 0 Å². The van der Waals surface area contributed by atoms with Crippen molar-refractivity contribution in [1.29, 1.82) is 0 Å². The van der Waals surface area contributed by atoms with Crippen molar-refractivity contribution in [3.63, 3.8) is 0 Å². The van der Waals surface area contributed by atoms with Crippen molar-refractivity contribution in [2.24, 2.45) is 5.73 Å². The molecule has 0 aliphatic heterocycles. The largest absolute Gasteiger partial charge is 0.389 e. The highest BCUT2D eigenvalue weighted by Crippen LogP contribution is 2.02. The average Bonchev–Trinajstić information content (AvgIpc) is 2.11. The van der Waals surface area contributed by atoms with E-state index in [1.165, 1.54) is 4.90 Å². The summed E-state index contributed by atoms with van der Waals surface area (Å²) in [5.41, 5.74) is 5.42. The van der Waals surface area contributed by atoms with Crippen LogP contribution >= 0.6 is 0 Å². The van der Waals surface area contributed by atoms with Crippen molar-refractivity contribution in [3.05, 3.63) is 0 Å². The molecule has 78 valence electrons. The lowest BCUT2D eigenvalue weighted by atomic mass is 10.1. The fourth-order valence-corrected chi connectivity index (χ4v) is 0.821. The number of aliphatic hydroxyl groups excluding tert-OH is 1. The molecule has 0 spiro atoms. The predicted molar refractivity (Wildman–Crippen MR) is 47.9 cm³/mol. The van der Waals surface area contributed by atoms with E-state index in [0.29, 0.717) is 6.42 Å². The Morgan fingerprint density at radius 2 is 2.15 bits per heavy atom. The summed E-state index contributed by atoms with van der Waals surface area (Å²) in [6, 6.07) is -0.658. The van der Waals surface area contributed by atoms with Gasteiger partial charge >= 0.3 is 0 Å². The van der Waals surface area contributed by atoms with Crippen LogP contribution in [0.3, 0.4) is 0 Å². The molecule has 0 rings (SSSR count). The van der Waals surface area contributed by atoms with Gasteiger partial charge in [-0.25, -0.2) is 4.39 Å². The molecular weight excluding hydrogens is 175 g/mol. The second-order valence-electron chi connectivity index (χ2n) is 3.21. The van der Waals surface area contributed by atoms with Gasteiger partial charge < -0.3 is 15.7 Å². The molecule has 0 saturated carbocycles. The number of aliphatic hydroxyl groups is 1. The molecule has 5 heteroatoms. The minimum atomic E-state index is -1.16. The van der Waals surface area contributed by atoms with Crippen LogP contribution in [-0.4, -0.2) is 48.8 Å². The fourth-order valence-electron chi connectivity index (χ4n) is 0.821. The topological polar surface area (TPSA) is 66.6 Å². The molecule has 4 nitrogen and oxygen atoms in total. The van der Waals surface area contributed by atoms with Gasteiger partial charge in [0.05, 0.1) is 6.10 Å². The third kappa shape index (κ3) is 4.80. The predicted octanol–water partition coefficient (Wildman–Crippen LogP) is -0.488. The molecule has 1 amide bonds. The molecule has 0 bridgehead atoms. The van der Waals surface area contributed by atoms with Crippen molar-refractivity contribution in [1.82, 2.24) is 4.90 Å². The van der Waals surface area contributed by atoms with Gasteiger partial charge in [-0.3, -0.25) is 4.79 Å². The number of carbonyl (C=O) groups is 1. The number of hydrogen-bond donors (Lipinski definition) is 2. The summed E-state index contributed by atoms with van der Waals surface area (Å²) in [4.78, 5) is 12.5. The van der Waals surface area contributed by atoms with Crippen molar-refractivity contribution < 1.29 is 14.3 Å². The third-order valence-corrected chi connectivity index (χ3v) is 1.84. The van der Waals surface area contributed by atoms with Crippen LogP contribution in [0.15, 0.2) is 0 Å². The summed E-state index contributed by atoms with van der Waals surface area (Å²) in [5.74, 6) is -0.0680. The van der Waals surface area contributed by atoms with Gasteiger partial charge in [-0.05, 0) is 6.42 Å². The Balaban J connectivity index is 3.69. The van der Waals surface area contributed by atoms with E-state index < -0.39 is 18.8 Å². The van der Waals surface area contributed by atoms with Crippen LogP contribution in [0.4, 0.5) is 4.39 Å². The van der Waals surface area contributed by atoms with E-state index in [1.807, 2.05) is 0 Å². The smallest absolute Gasteiger partial charge is 0.222 e. The molecule has 3 N–H and O–H groups in total. The zero-order valence-electron chi connectivity index (χ0n) is 8.03. The third-order valence-electron chi connectivity index (χ3n) is 1.84. The Morgan fingerprint density at radius 3 is 2.54 bits per heavy atom. The number of nitrogens with zero attached hydrogens (tertiary/aromatic N) is 1. The maximum absolute atomic E-state index is 11.9. The number of halogens is 1. The van der Waals surface area contributed by atoms with Gasteiger partial charge in [-0.1, -0.05) is 0 Å². The molecule has 0 aromatic carbocycles. The maximum atomic E-state index is 11.9. The molecule has 0 radical (unpaired) electrons. The van der Waals surface area contributed by atoms with Gasteiger partial charge in [-0.15, -0.1) is 0 Å². The molecule has 0 aliphatic rings. The summed E-state index contributed by atoms with van der Waals surface area (Å²) >= 11 is 0. The molecule has 1 unspecified atom stereocenters. The normalized spacial score (nSPS) is 15.2. The van der Waals surface area contributed by atoms with Crippen LogP contribution in [0.1, 0.15) is 12.8 Å². The number of hydrogen-bond acceptors (Lipinski definition) is 3. The monoisotopic (exact) mass is 192 g/mol. The van der Waals surface area contributed by atoms with Gasteiger partial charge in [0.1, 0.15) is 6.67 Å². The van der Waals surface area contributed by atoms with E-state index in [4.69, 9.17) is 10.8 Å². The Kier molecular flexibility index (Phi) is 5.57. The second-order valence-corrected chi connectivity index (χ2v) is 3.21. The van der Waals surface area contributed by atoms with E-state index in [2.05, 4.69) is 0 Å². The number of alkyl halides is 1. The SMILES string of the molecule is CN(C)C(=O)CC[C@H](N)C(O)CF. The molecule has 2 atom stereocenters. The lowest BCUT2D eigenvalue weighted by Gasteiger charge is -2.16. The van der Waals surface area contributed by atoms with Crippen molar-refractivity contribution in [2.45, 2.75) is 25.0 Å². The standard InChI is InChI=1S/C8H17FN2O2/c1-11(2)8(13)4-3-6(10)7(12)5-9/h6-7,12H,3-5,10H2,1-2H3/t6-,7?/m0/s1. The Labute approximate surface area is 77.5 Å². The van der Waals surface area contributed by atoms with E-state index in [1.54, 1.807) is 14.1 Å². The zero-order valence-corrected chi connectivity index (χ0v) is 8.03. The van der Waals surface area contributed by atoms with Crippen molar-refractivity contribution in [3.8, 4) is 0 Å². The lowest BCUT2D eigenvalue weighted by Crippen LogP contribution is -2.37. The maximum Gasteiger partial charge on any atom is 0.222 e. The molecule has 0 aliphatic carbocycles. The van der Waals surface area contributed by atoms with Gasteiger partial charge in [0.25, 0.3) is 0 Å². The van der Waals surface area contributed by atoms with Crippen LogP contribution in [0.25, 0.3) is 0 Å². The minimum absolute atomic E-state index is 0.0680. The molecule has 0 aromatic rings. The Bertz CT molecular complexity index is 164. The Hall–Kier alpha value is -0.680. The highest BCUT2D eigenvalue weighted by Gasteiger charge is 2.16. The molecule has 13 heavy (non-hydrogen) atoms. The first-order valence-electron chi connectivity index (χ1n) is 4.18. The lowest BCUT2D eigenvalue weighted by molar-refractivity contribution is -0.128. The van der Waals surface area contributed by atoms with Crippen molar-refractivity contribution >= 4 is 5.91 Å². The van der Waals surface area contributed by atoms with E-state index in [9.17, 15) is 9.18 Å². The van der Waals surface area contributed by atoms with Gasteiger partial charge in [0, 0.05) is 26.6 Å². The molecule has 0 fully saturated rings. The van der Waals surface area contributed by atoms with Crippen LogP contribution in [0, 0.1) is 0 Å². The highest BCUT2D eigenvalue weighted by molar-refractivity contribution is 5.75. The zero-order chi connectivity index (χ0) is 10.4. The van der Waals surface area contributed by atoms with Gasteiger partial charge in [0.2, 0.25) is 5.91 Å². The van der Waals surface area contributed by atoms with Crippen LogP contribution in [0.2, 0.25) is 0 Å². The van der Waals surface area contributed by atoms with E-state index >= 15 is 0 Å². The quantitative estimate of drug-likeness (QED) is 0.618. The second kappa shape index (κ2) is 5.88. The van der Waals surface area contributed by atoms with Gasteiger partial charge in [0.15, 0.2) is 0 Å². The van der Waals surface area contributed by atoms with Crippen LogP contribution in [0.5, 0.6) is 0 Å². The highest BCUT2D eigenvalue weighted by atomic mass is 19.1. The van der Waals surface area contributed by atoms with E-state index in [0.717, 1.165) is 0 Å². The summed E-state index contributed by atoms with van der Waals surface area (Å²) < 4.78 is 11.9. The fraction of sp³-hybridized carbons (Fsp3) is 0.875. The molecular formula is C8H17FN2O2. The van der Waals surface area contributed by atoms with Crippen LogP contribution < -0.4 is 5.73 Å².